The lowest BCUT2D eigenvalue weighted by atomic mass is 9.49. The highest BCUT2D eigenvalue weighted by atomic mass is 35.5. The maximum atomic E-state index is 15.2. The maximum Gasteiger partial charge on any atom is 0.488 e. The van der Waals surface area contributed by atoms with E-state index in [1.807, 2.05) is 6.08 Å². The number of halogens is 2. The molecule has 4 aliphatic rings. The van der Waals surface area contributed by atoms with Crippen LogP contribution in [0, 0.1) is 36.4 Å². The smallest absolute Gasteiger partial charge is 0.488 e. The Morgan fingerprint density at radius 1 is 0.885 bits per heavy atom. The van der Waals surface area contributed by atoms with Crippen LogP contribution in [0.3, 0.4) is 0 Å². The molecule has 262 valence electrons. The van der Waals surface area contributed by atoms with Gasteiger partial charge in [0, 0.05) is 16.5 Å². The number of aromatic hydroxyl groups is 1. The van der Waals surface area contributed by atoms with Crippen molar-refractivity contribution in [3.8, 4) is 5.75 Å². The number of fused-ring (bicyclic) bond motifs is 4. The van der Waals surface area contributed by atoms with Gasteiger partial charge in [0.15, 0.2) is 0 Å². The summed E-state index contributed by atoms with van der Waals surface area (Å²) in [6.45, 7) is 1.73. The highest BCUT2D eigenvalue weighted by Crippen LogP contribution is 2.65. The van der Waals surface area contributed by atoms with Crippen molar-refractivity contribution < 1.29 is 38.7 Å². The molecule has 8 rings (SSSR count). The van der Waals surface area contributed by atoms with Gasteiger partial charge in [-0.2, -0.15) is 5.01 Å². The number of imide groups is 2. The molecule has 10 nitrogen and oxygen atoms in total. The first-order valence-corrected chi connectivity index (χ1v) is 17.3. The molecular weight excluding hydrogens is 688 g/mol. The Morgan fingerprint density at radius 3 is 2.31 bits per heavy atom. The number of benzene rings is 4. The molecule has 1 saturated carbocycles. The van der Waals surface area contributed by atoms with Crippen LogP contribution in [0.15, 0.2) is 103 Å². The number of aryl methyl sites for hydroxylation is 1. The van der Waals surface area contributed by atoms with Gasteiger partial charge in [-0.15, -0.1) is 0 Å². The van der Waals surface area contributed by atoms with Gasteiger partial charge in [0.2, 0.25) is 11.8 Å². The number of hydrogen-bond acceptors (Lipinski definition) is 8. The Labute approximate surface area is 303 Å². The van der Waals surface area contributed by atoms with E-state index in [1.54, 1.807) is 55.5 Å². The van der Waals surface area contributed by atoms with Crippen LogP contribution in [0.25, 0.3) is 0 Å². The van der Waals surface area contributed by atoms with Crippen LogP contribution in [0.1, 0.15) is 35.4 Å². The van der Waals surface area contributed by atoms with Gasteiger partial charge in [-0.05, 0) is 90.8 Å². The molecule has 2 saturated heterocycles. The fourth-order valence-corrected chi connectivity index (χ4v) is 9.12. The SMILES string of the molecule is Cc1cccc([C@H]2C3=CC[C@@H]4C(=O)N(c5cccc(B(O)O)c5)C(=O)[C@@H]4[C@@H]3C[C@H]3C(=O)N(Nc4ccc(F)cc4)C(=O)[C@@]23c2ccc(Cl)cc2)c1O. The predicted molar refractivity (Wildman–Crippen MR) is 191 cm³/mol. The van der Waals surface area contributed by atoms with E-state index in [9.17, 15) is 33.9 Å². The van der Waals surface area contributed by atoms with Gasteiger partial charge in [-0.1, -0.05) is 65.7 Å². The summed E-state index contributed by atoms with van der Waals surface area (Å²) in [7, 11) is -1.82. The Hall–Kier alpha value is -5.30. The van der Waals surface area contributed by atoms with Crippen molar-refractivity contribution >= 4 is 59.2 Å². The third-order valence-corrected chi connectivity index (χ3v) is 11.5. The first-order valence-electron chi connectivity index (χ1n) is 16.9. The molecule has 4 N–H and O–H groups in total. The maximum absolute atomic E-state index is 15.2. The molecule has 0 radical (unpaired) electrons. The summed E-state index contributed by atoms with van der Waals surface area (Å²) in [5.41, 5.74) is 3.92. The number of amides is 4. The molecule has 52 heavy (non-hydrogen) atoms. The minimum atomic E-state index is -1.82. The summed E-state index contributed by atoms with van der Waals surface area (Å²) in [4.78, 5) is 59.5. The third-order valence-electron chi connectivity index (χ3n) is 11.3. The van der Waals surface area contributed by atoms with Crippen LogP contribution in [0.4, 0.5) is 15.8 Å². The predicted octanol–water partition coefficient (Wildman–Crippen LogP) is 4.36. The number of hydrazine groups is 1. The highest BCUT2D eigenvalue weighted by molar-refractivity contribution is 6.58. The molecule has 13 heteroatoms. The number of allylic oxidation sites excluding steroid dienone is 2. The number of anilines is 2. The summed E-state index contributed by atoms with van der Waals surface area (Å²) in [5, 5.41) is 32.7. The Kier molecular flexibility index (Phi) is 8.09. The van der Waals surface area contributed by atoms with Crippen molar-refractivity contribution in [1.82, 2.24) is 5.01 Å². The number of nitrogens with zero attached hydrogens (tertiary/aromatic N) is 2. The van der Waals surface area contributed by atoms with E-state index in [0.29, 0.717) is 33.0 Å². The van der Waals surface area contributed by atoms with Gasteiger partial charge in [0.05, 0.1) is 34.5 Å². The molecule has 3 fully saturated rings. The molecule has 0 unspecified atom stereocenters. The van der Waals surface area contributed by atoms with E-state index < -0.39 is 71.6 Å². The van der Waals surface area contributed by atoms with Gasteiger partial charge in [-0.25, -0.2) is 4.39 Å². The lowest BCUT2D eigenvalue weighted by Gasteiger charge is -2.50. The molecule has 0 spiro atoms. The molecule has 0 bridgehead atoms. The van der Waals surface area contributed by atoms with E-state index in [2.05, 4.69) is 5.43 Å². The summed E-state index contributed by atoms with van der Waals surface area (Å²) < 4.78 is 13.9. The molecule has 6 atom stereocenters. The van der Waals surface area contributed by atoms with Crippen LogP contribution in [-0.2, 0) is 24.6 Å². The average molecular weight is 720 g/mol. The average Bonchev–Trinajstić information content (AvgIpc) is 3.51. The van der Waals surface area contributed by atoms with Crippen LogP contribution < -0.4 is 15.8 Å². The number of carbonyl (C=O) groups is 4. The zero-order chi connectivity index (χ0) is 36.6. The van der Waals surface area contributed by atoms with Crippen LogP contribution in [0.2, 0.25) is 5.02 Å². The molecule has 2 aliphatic heterocycles. The number of hydrogen-bond donors (Lipinski definition) is 4. The largest absolute Gasteiger partial charge is 0.507 e. The summed E-state index contributed by atoms with van der Waals surface area (Å²) in [6, 6.07) is 23.0. The first-order chi connectivity index (χ1) is 24.9. The van der Waals surface area contributed by atoms with Crippen LogP contribution in [-0.4, -0.2) is 50.9 Å². The van der Waals surface area contributed by atoms with E-state index in [0.717, 1.165) is 9.91 Å². The molecule has 0 aromatic heterocycles. The molecule has 4 aromatic carbocycles. The van der Waals surface area contributed by atoms with Crippen LogP contribution in [0.5, 0.6) is 5.75 Å². The molecule has 4 amide bonds. The molecule has 2 aliphatic carbocycles. The van der Waals surface area contributed by atoms with Gasteiger partial charge < -0.3 is 15.2 Å². The molecule has 4 aromatic rings. The van der Waals surface area contributed by atoms with Crippen LogP contribution >= 0.6 is 11.6 Å². The lowest BCUT2D eigenvalue weighted by molar-refractivity contribution is -0.138. The van der Waals surface area contributed by atoms with Gasteiger partial charge in [0.25, 0.3) is 11.8 Å². The molecule has 2 heterocycles. The summed E-state index contributed by atoms with van der Waals surface area (Å²) in [5.74, 6) is -7.11. The van der Waals surface area contributed by atoms with E-state index in [1.165, 1.54) is 42.5 Å². The normalized spacial score (nSPS) is 26.6. The number of phenols is 1. The van der Waals surface area contributed by atoms with Crippen molar-refractivity contribution in [2.45, 2.75) is 31.1 Å². The fourth-order valence-electron chi connectivity index (χ4n) is 8.99. The van der Waals surface area contributed by atoms with Crippen molar-refractivity contribution in [2.75, 3.05) is 10.3 Å². The number of rotatable bonds is 6. The second-order valence-electron chi connectivity index (χ2n) is 13.9. The first kappa shape index (κ1) is 33.8. The van der Waals surface area contributed by atoms with Gasteiger partial charge in [0.1, 0.15) is 11.6 Å². The second-order valence-corrected chi connectivity index (χ2v) is 14.3. The zero-order valence-electron chi connectivity index (χ0n) is 27.7. The monoisotopic (exact) mass is 719 g/mol. The van der Waals surface area contributed by atoms with E-state index in [-0.39, 0.29) is 29.7 Å². The number of para-hydroxylation sites is 1. The van der Waals surface area contributed by atoms with E-state index in [4.69, 9.17) is 11.6 Å². The van der Waals surface area contributed by atoms with E-state index >= 15 is 4.79 Å². The lowest BCUT2D eigenvalue weighted by Crippen LogP contribution is -2.53. The standard InChI is InChI=1S/C39H32BClFN3O7/c1-20-4-2-7-29(34(20)46)33-27-16-17-28-32(37(49)44(35(28)47)26-6-3-5-22(18-26)40(51)52)30(27)19-31-36(48)45(43-25-14-12-24(42)13-15-25)38(50)39(31,33)21-8-10-23(41)11-9-21/h2-16,18,28,30-33,43,46,51-52H,17,19H2,1H3/t28-,30+,31-,32-,33+,39+/m0/s1. The quantitative estimate of drug-likeness (QED) is 0.131. The molecular formula is C39H32BClFN3O7. The Morgan fingerprint density at radius 2 is 1.60 bits per heavy atom. The number of nitrogens with one attached hydrogen (secondary N) is 1. The second kappa shape index (κ2) is 12.4. The van der Waals surface area contributed by atoms with Crippen molar-refractivity contribution in [3.05, 3.63) is 130 Å². The highest BCUT2D eigenvalue weighted by Gasteiger charge is 2.70. The number of carbonyl (C=O) groups excluding carboxylic acids is 4. The minimum absolute atomic E-state index is 0.0210. The zero-order valence-corrected chi connectivity index (χ0v) is 28.5. The summed E-state index contributed by atoms with van der Waals surface area (Å²) >= 11 is 6.34. The topological polar surface area (TPSA) is 147 Å². The Bertz CT molecular complexity index is 2200. The van der Waals surface area contributed by atoms with Gasteiger partial charge in [-0.3, -0.25) is 29.5 Å². The van der Waals surface area contributed by atoms with Crippen molar-refractivity contribution in [1.29, 1.82) is 0 Å². The van der Waals surface area contributed by atoms with Crippen molar-refractivity contribution in [2.24, 2.45) is 23.7 Å². The number of phenolic OH excluding ortho intramolecular Hbond substituents is 1. The third kappa shape index (κ3) is 4.92. The van der Waals surface area contributed by atoms with Crippen molar-refractivity contribution in [3.63, 3.8) is 0 Å². The minimum Gasteiger partial charge on any atom is -0.507 e. The Balaban J connectivity index is 1.32. The fraction of sp³-hybridized carbons (Fsp3) is 0.231. The summed E-state index contributed by atoms with van der Waals surface area (Å²) in [6.07, 6.45) is 2.06. The van der Waals surface area contributed by atoms with Gasteiger partial charge >= 0.3 is 7.12 Å².